The lowest BCUT2D eigenvalue weighted by Gasteiger charge is -2.08. The average Bonchev–Trinajstić information content (AvgIpc) is 1.99. The van der Waals surface area contributed by atoms with E-state index in [0.29, 0.717) is 5.56 Å². The van der Waals surface area contributed by atoms with Crippen LogP contribution in [0.2, 0.25) is 0 Å². The molecule has 0 fully saturated rings. The van der Waals surface area contributed by atoms with Crippen molar-refractivity contribution < 1.29 is 13.2 Å². The van der Waals surface area contributed by atoms with Crippen LogP contribution in [-0.2, 0) is 6.18 Å². The maximum absolute atomic E-state index is 12.4. The molecule has 0 aliphatic heterocycles. The molecule has 4 N–H and O–H groups in total. The first-order chi connectivity index (χ1) is 6.79. The number of aryl methyl sites for hydroxylation is 1. The highest BCUT2D eigenvalue weighted by molar-refractivity contribution is 5.79. The van der Waals surface area contributed by atoms with E-state index in [1.807, 2.05) is 0 Å². The van der Waals surface area contributed by atoms with Crippen molar-refractivity contribution >= 4 is 11.6 Å². The Morgan fingerprint density at radius 3 is 2.27 bits per heavy atom. The van der Waals surface area contributed by atoms with Gasteiger partial charge in [-0.15, -0.1) is 0 Å². The van der Waals surface area contributed by atoms with Gasteiger partial charge in [0.25, 0.3) is 0 Å². The normalized spacial score (nSPS) is 11.2. The highest BCUT2D eigenvalue weighted by Crippen LogP contribution is 2.32. The van der Waals surface area contributed by atoms with Crippen molar-refractivity contribution in [3.05, 3.63) is 29.3 Å². The molecule has 0 aliphatic carbocycles. The summed E-state index contributed by atoms with van der Waals surface area (Å²) in [5.74, 6) is -0.270. The van der Waals surface area contributed by atoms with Crippen molar-refractivity contribution in [1.82, 2.24) is 0 Å². The van der Waals surface area contributed by atoms with E-state index in [0.717, 1.165) is 12.1 Å². The predicted molar refractivity (Wildman–Crippen MR) is 51.7 cm³/mol. The number of alkyl halides is 3. The van der Waals surface area contributed by atoms with Gasteiger partial charge in [0.05, 0.1) is 11.3 Å². The minimum Gasteiger partial charge on any atom is -0.370 e. The highest BCUT2D eigenvalue weighted by atomic mass is 19.4. The first kappa shape index (κ1) is 11.4. The van der Waals surface area contributed by atoms with Gasteiger partial charge in [0, 0.05) is 0 Å². The van der Waals surface area contributed by atoms with Crippen LogP contribution in [0.25, 0.3) is 0 Å². The summed E-state index contributed by atoms with van der Waals surface area (Å²) in [7, 11) is 0. The van der Waals surface area contributed by atoms with Crippen LogP contribution in [0.1, 0.15) is 11.1 Å². The largest absolute Gasteiger partial charge is 0.416 e. The summed E-state index contributed by atoms with van der Waals surface area (Å²) in [5.41, 5.74) is 9.95. The van der Waals surface area contributed by atoms with Crippen molar-refractivity contribution in [2.45, 2.75) is 13.1 Å². The summed E-state index contributed by atoms with van der Waals surface area (Å²) in [6, 6.07) is 3.40. The zero-order valence-electron chi connectivity index (χ0n) is 7.97. The van der Waals surface area contributed by atoms with Gasteiger partial charge in [0.15, 0.2) is 5.96 Å². The second-order valence-corrected chi connectivity index (χ2v) is 3.09. The molecule has 0 heterocycles. The van der Waals surface area contributed by atoms with Gasteiger partial charge in [-0.05, 0) is 30.7 Å². The molecule has 0 amide bonds. The quantitative estimate of drug-likeness (QED) is 0.557. The Balaban J connectivity index is 3.23. The molecule has 0 unspecified atom stereocenters. The van der Waals surface area contributed by atoms with Crippen molar-refractivity contribution in [2.24, 2.45) is 16.5 Å². The molecule has 1 aromatic carbocycles. The molecule has 1 aromatic rings. The number of hydrogen-bond donors (Lipinski definition) is 2. The van der Waals surface area contributed by atoms with Crippen LogP contribution < -0.4 is 11.5 Å². The zero-order chi connectivity index (χ0) is 11.6. The molecular formula is C9H10F3N3. The van der Waals surface area contributed by atoms with Gasteiger partial charge in [-0.2, -0.15) is 13.2 Å². The predicted octanol–water partition coefficient (Wildman–Crippen LogP) is 1.92. The number of nitrogens with zero attached hydrogens (tertiary/aromatic N) is 1. The topological polar surface area (TPSA) is 64.4 Å². The number of guanidine groups is 1. The van der Waals surface area contributed by atoms with Crippen LogP contribution in [0.5, 0.6) is 0 Å². The summed E-state index contributed by atoms with van der Waals surface area (Å²) >= 11 is 0. The standard InChI is InChI=1S/C9H10F3N3/c1-5-2-6(9(10,11)12)4-7(3-5)15-8(13)14/h2-4H,1H3,(H4,13,14,15). The Labute approximate surface area is 84.6 Å². The molecule has 1 rings (SSSR count). The first-order valence-corrected chi connectivity index (χ1v) is 4.07. The molecular weight excluding hydrogens is 207 g/mol. The Morgan fingerprint density at radius 2 is 1.80 bits per heavy atom. The van der Waals surface area contributed by atoms with Gasteiger partial charge >= 0.3 is 6.18 Å². The van der Waals surface area contributed by atoms with Crippen LogP contribution in [0.4, 0.5) is 18.9 Å². The molecule has 6 heteroatoms. The van der Waals surface area contributed by atoms with E-state index >= 15 is 0 Å². The van der Waals surface area contributed by atoms with E-state index in [2.05, 4.69) is 4.99 Å². The summed E-state index contributed by atoms with van der Waals surface area (Å²) in [4.78, 5) is 3.57. The lowest BCUT2D eigenvalue weighted by Crippen LogP contribution is -2.22. The minimum atomic E-state index is -4.39. The van der Waals surface area contributed by atoms with Crippen LogP contribution >= 0.6 is 0 Å². The fourth-order valence-electron chi connectivity index (χ4n) is 1.14. The summed E-state index contributed by atoms with van der Waals surface area (Å²) < 4.78 is 37.1. The molecule has 0 atom stereocenters. The van der Waals surface area contributed by atoms with Gasteiger partial charge in [0.1, 0.15) is 0 Å². The summed E-state index contributed by atoms with van der Waals surface area (Å²) in [6.45, 7) is 1.54. The zero-order valence-corrected chi connectivity index (χ0v) is 7.97. The van der Waals surface area contributed by atoms with E-state index in [4.69, 9.17) is 11.5 Å². The van der Waals surface area contributed by atoms with Crippen molar-refractivity contribution in [1.29, 1.82) is 0 Å². The first-order valence-electron chi connectivity index (χ1n) is 4.07. The fraction of sp³-hybridized carbons (Fsp3) is 0.222. The van der Waals surface area contributed by atoms with E-state index in [9.17, 15) is 13.2 Å². The van der Waals surface area contributed by atoms with Gasteiger partial charge in [0.2, 0.25) is 0 Å². The van der Waals surface area contributed by atoms with Crippen molar-refractivity contribution in [3.8, 4) is 0 Å². The second-order valence-electron chi connectivity index (χ2n) is 3.09. The van der Waals surface area contributed by atoms with Crippen LogP contribution in [0.15, 0.2) is 23.2 Å². The maximum Gasteiger partial charge on any atom is 0.416 e. The Kier molecular flexibility index (Phi) is 2.88. The number of aliphatic imine (C=N–C) groups is 1. The Bertz CT molecular complexity index is 392. The Morgan fingerprint density at radius 1 is 1.20 bits per heavy atom. The van der Waals surface area contributed by atoms with E-state index in [-0.39, 0.29) is 11.6 Å². The van der Waals surface area contributed by atoms with Crippen LogP contribution in [-0.4, -0.2) is 5.96 Å². The molecule has 15 heavy (non-hydrogen) atoms. The molecule has 0 aromatic heterocycles. The van der Waals surface area contributed by atoms with E-state index in [1.165, 1.54) is 6.07 Å². The van der Waals surface area contributed by atoms with Crippen molar-refractivity contribution in [2.75, 3.05) is 0 Å². The average molecular weight is 217 g/mol. The van der Waals surface area contributed by atoms with E-state index < -0.39 is 11.7 Å². The summed E-state index contributed by atoms with van der Waals surface area (Å²) in [6.07, 6.45) is -4.39. The SMILES string of the molecule is Cc1cc(N=C(N)N)cc(C(F)(F)F)c1. The number of hydrogen-bond acceptors (Lipinski definition) is 1. The second kappa shape index (κ2) is 3.80. The van der Waals surface area contributed by atoms with Crippen LogP contribution in [0, 0.1) is 6.92 Å². The number of rotatable bonds is 1. The third-order valence-corrected chi connectivity index (χ3v) is 1.65. The fourth-order valence-corrected chi connectivity index (χ4v) is 1.14. The molecule has 0 saturated carbocycles. The van der Waals surface area contributed by atoms with Crippen molar-refractivity contribution in [3.63, 3.8) is 0 Å². The highest BCUT2D eigenvalue weighted by Gasteiger charge is 2.30. The van der Waals surface area contributed by atoms with Gasteiger partial charge in [-0.1, -0.05) is 0 Å². The third kappa shape index (κ3) is 3.16. The molecule has 0 spiro atoms. The minimum absolute atomic E-state index is 0.0994. The number of halogens is 3. The smallest absolute Gasteiger partial charge is 0.370 e. The number of nitrogens with two attached hydrogens (primary N) is 2. The monoisotopic (exact) mass is 217 g/mol. The van der Waals surface area contributed by atoms with E-state index in [1.54, 1.807) is 6.92 Å². The molecule has 0 aliphatic rings. The van der Waals surface area contributed by atoms with Crippen LogP contribution in [0.3, 0.4) is 0 Å². The van der Waals surface area contributed by atoms with Gasteiger partial charge < -0.3 is 11.5 Å². The van der Waals surface area contributed by atoms with Gasteiger partial charge in [-0.3, -0.25) is 0 Å². The maximum atomic E-state index is 12.4. The number of benzene rings is 1. The Hall–Kier alpha value is -1.72. The third-order valence-electron chi connectivity index (χ3n) is 1.65. The van der Waals surface area contributed by atoms with Gasteiger partial charge in [-0.25, -0.2) is 4.99 Å². The molecule has 0 radical (unpaired) electrons. The molecule has 3 nitrogen and oxygen atoms in total. The lowest BCUT2D eigenvalue weighted by atomic mass is 10.1. The lowest BCUT2D eigenvalue weighted by molar-refractivity contribution is -0.137. The summed E-state index contributed by atoms with van der Waals surface area (Å²) in [5, 5.41) is 0. The molecule has 0 saturated heterocycles. The molecule has 0 bridgehead atoms. The molecule has 82 valence electrons.